The number of aromatic nitrogens is 2. The van der Waals surface area contributed by atoms with Crippen molar-refractivity contribution in [2.45, 2.75) is 31.1 Å². The molecule has 0 spiro atoms. The Balaban J connectivity index is 2.16. The number of nitrogens with one attached hydrogen (secondary N) is 1. The quantitative estimate of drug-likeness (QED) is 0.922. The second-order valence-corrected chi connectivity index (χ2v) is 5.92. The van der Waals surface area contributed by atoms with Crippen molar-refractivity contribution in [3.05, 3.63) is 62.7 Å². The topological polar surface area (TPSA) is 45.8 Å². The van der Waals surface area contributed by atoms with Gasteiger partial charge in [-0.05, 0) is 34.3 Å². The molecule has 0 aliphatic heterocycles. The van der Waals surface area contributed by atoms with Gasteiger partial charge in [-0.1, -0.05) is 43.2 Å². The summed E-state index contributed by atoms with van der Waals surface area (Å²) >= 11 is 3.21. The van der Waals surface area contributed by atoms with E-state index < -0.39 is 0 Å². The summed E-state index contributed by atoms with van der Waals surface area (Å²) in [5.74, 6) is 0.796. The van der Waals surface area contributed by atoms with E-state index in [1.54, 1.807) is 6.20 Å². The number of aromatic amines is 1. The molecule has 1 aliphatic rings. The molecule has 1 saturated carbocycles. The van der Waals surface area contributed by atoms with Crippen LogP contribution >= 0.6 is 15.9 Å². The van der Waals surface area contributed by atoms with Gasteiger partial charge in [0.15, 0.2) is 0 Å². The molecule has 19 heavy (non-hydrogen) atoms. The number of benzene rings is 1. The smallest absolute Gasteiger partial charge is 0.265 e. The fourth-order valence-corrected chi connectivity index (χ4v) is 3.22. The fourth-order valence-electron chi connectivity index (χ4n) is 3.02. The minimum absolute atomic E-state index is 0.104. The highest BCUT2D eigenvalue weighted by molar-refractivity contribution is 9.10. The van der Waals surface area contributed by atoms with Crippen LogP contribution in [-0.2, 0) is 5.41 Å². The van der Waals surface area contributed by atoms with Gasteiger partial charge in [0, 0.05) is 6.20 Å². The maximum Gasteiger partial charge on any atom is 0.265 e. The Labute approximate surface area is 120 Å². The SMILES string of the molecule is O=c1[nH]c(C2(c3ccccc3)CCCC2)ncc1Br. The molecule has 98 valence electrons. The van der Waals surface area contributed by atoms with Crippen molar-refractivity contribution < 1.29 is 0 Å². The standard InChI is InChI=1S/C15H15BrN2O/c16-12-10-17-14(18-13(12)19)15(8-4-5-9-15)11-6-2-1-3-7-11/h1-3,6-7,10H,4-5,8-9H2,(H,17,18,19). The van der Waals surface area contributed by atoms with Gasteiger partial charge in [-0.2, -0.15) is 0 Å². The minimum atomic E-state index is -0.124. The van der Waals surface area contributed by atoms with Crippen molar-refractivity contribution in [2.75, 3.05) is 0 Å². The van der Waals surface area contributed by atoms with Gasteiger partial charge < -0.3 is 4.98 Å². The molecule has 0 atom stereocenters. The van der Waals surface area contributed by atoms with Gasteiger partial charge in [0.1, 0.15) is 10.3 Å². The summed E-state index contributed by atoms with van der Waals surface area (Å²) < 4.78 is 0.484. The summed E-state index contributed by atoms with van der Waals surface area (Å²) in [7, 11) is 0. The highest BCUT2D eigenvalue weighted by Gasteiger charge is 2.39. The Hall–Kier alpha value is -1.42. The van der Waals surface area contributed by atoms with E-state index in [0.717, 1.165) is 18.7 Å². The van der Waals surface area contributed by atoms with Crippen molar-refractivity contribution in [2.24, 2.45) is 0 Å². The van der Waals surface area contributed by atoms with E-state index in [0.29, 0.717) is 4.47 Å². The molecule has 1 aromatic carbocycles. The highest BCUT2D eigenvalue weighted by atomic mass is 79.9. The second-order valence-electron chi connectivity index (χ2n) is 5.06. The lowest BCUT2D eigenvalue weighted by Crippen LogP contribution is -2.29. The minimum Gasteiger partial charge on any atom is -0.309 e. The van der Waals surface area contributed by atoms with Crippen LogP contribution in [0.5, 0.6) is 0 Å². The summed E-state index contributed by atoms with van der Waals surface area (Å²) in [6, 6.07) is 10.4. The van der Waals surface area contributed by atoms with Gasteiger partial charge in [0.05, 0.1) is 5.41 Å². The zero-order valence-electron chi connectivity index (χ0n) is 10.5. The van der Waals surface area contributed by atoms with E-state index in [9.17, 15) is 4.79 Å². The van der Waals surface area contributed by atoms with E-state index in [-0.39, 0.29) is 11.0 Å². The first-order chi connectivity index (χ1) is 9.22. The van der Waals surface area contributed by atoms with E-state index in [2.05, 4.69) is 38.0 Å². The summed E-state index contributed by atoms with van der Waals surface area (Å²) in [6.07, 6.45) is 6.05. The predicted molar refractivity (Wildman–Crippen MR) is 78.2 cm³/mol. The summed E-state index contributed by atoms with van der Waals surface area (Å²) in [5.41, 5.74) is 1.02. The largest absolute Gasteiger partial charge is 0.309 e. The molecular weight excluding hydrogens is 304 g/mol. The Morgan fingerprint density at radius 1 is 1.16 bits per heavy atom. The molecule has 0 saturated heterocycles. The van der Waals surface area contributed by atoms with Gasteiger partial charge in [0.25, 0.3) is 5.56 Å². The lowest BCUT2D eigenvalue weighted by atomic mass is 9.78. The van der Waals surface area contributed by atoms with Crippen LogP contribution in [0.25, 0.3) is 0 Å². The molecule has 1 aromatic heterocycles. The second kappa shape index (κ2) is 4.93. The third-order valence-corrected chi connectivity index (χ3v) is 4.56. The van der Waals surface area contributed by atoms with E-state index >= 15 is 0 Å². The van der Waals surface area contributed by atoms with Gasteiger partial charge in [-0.3, -0.25) is 4.79 Å². The molecule has 3 rings (SSSR count). The van der Waals surface area contributed by atoms with Gasteiger partial charge in [-0.15, -0.1) is 0 Å². The van der Waals surface area contributed by atoms with Crippen molar-refractivity contribution in [1.82, 2.24) is 9.97 Å². The van der Waals surface area contributed by atoms with Gasteiger partial charge in [0.2, 0.25) is 0 Å². The average molecular weight is 319 g/mol. The molecule has 1 fully saturated rings. The Morgan fingerprint density at radius 3 is 2.47 bits per heavy atom. The first-order valence-corrected chi connectivity index (χ1v) is 7.32. The van der Waals surface area contributed by atoms with Crippen LogP contribution in [-0.4, -0.2) is 9.97 Å². The number of hydrogen-bond donors (Lipinski definition) is 1. The molecular formula is C15H15BrN2O. The lowest BCUT2D eigenvalue weighted by Gasteiger charge is -2.28. The molecule has 0 bridgehead atoms. The maximum atomic E-state index is 11.8. The molecule has 4 heteroatoms. The van der Waals surface area contributed by atoms with Crippen molar-refractivity contribution in [3.63, 3.8) is 0 Å². The fraction of sp³-hybridized carbons (Fsp3) is 0.333. The van der Waals surface area contributed by atoms with Crippen LogP contribution in [0.1, 0.15) is 37.1 Å². The molecule has 1 heterocycles. The maximum absolute atomic E-state index is 11.8. The third-order valence-electron chi connectivity index (χ3n) is 3.99. The molecule has 1 N–H and O–H groups in total. The van der Waals surface area contributed by atoms with Crippen molar-refractivity contribution >= 4 is 15.9 Å². The molecule has 0 radical (unpaired) electrons. The van der Waals surface area contributed by atoms with Crippen LogP contribution in [0.15, 0.2) is 45.8 Å². The monoisotopic (exact) mass is 318 g/mol. The summed E-state index contributed by atoms with van der Waals surface area (Å²) in [4.78, 5) is 19.2. The highest BCUT2D eigenvalue weighted by Crippen LogP contribution is 2.44. The average Bonchev–Trinajstić information content (AvgIpc) is 2.93. The molecule has 2 aromatic rings. The molecule has 0 amide bonds. The van der Waals surface area contributed by atoms with Gasteiger partial charge in [-0.25, -0.2) is 4.98 Å². The number of nitrogens with zero attached hydrogens (tertiary/aromatic N) is 1. The third kappa shape index (κ3) is 2.14. The van der Waals surface area contributed by atoms with Crippen molar-refractivity contribution in [1.29, 1.82) is 0 Å². The first kappa shape index (κ1) is 12.6. The zero-order chi connectivity index (χ0) is 13.3. The summed E-state index contributed by atoms with van der Waals surface area (Å²) in [5, 5.41) is 0. The van der Waals surface area contributed by atoms with E-state index in [4.69, 9.17) is 0 Å². The van der Waals surface area contributed by atoms with Crippen LogP contribution in [0.2, 0.25) is 0 Å². The first-order valence-electron chi connectivity index (χ1n) is 6.53. The van der Waals surface area contributed by atoms with Crippen molar-refractivity contribution in [3.8, 4) is 0 Å². The van der Waals surface area contributed by atoms with E-state index in [1.807, 2.05) is 18.2 Å². The van der Waals surface area contributed by atoms with Gasteiger partial charge >= 0.3 is 0 Å². The van der Waals surface area contributed by atoms with Crippen LogP contribution in [0, 0.1) is 0 Å². The number of H-pyrrole nitrogens is 1. The predicted octanol–water partition coefficient (Wildman–Crippen LogP) is 3.39. The normalized spacial score (nSPS) is 17.5. The van der Waals surface area contributed by atoms with Crippen LogP contribution < -0.4 is 5.56 Å². The number of rotatable bonds is 2. The Bertz CT molecular complexity index is 630. The summed E-state index contributed by atoms with van der Waals surface area (Å²) in [6.45, 7) is 0. The Morgan fingerprint density at radius 2 is 1.84 bits per heavy atom. The van der Waals surface area contributed by atoms with E-state index in [1.165, 1.54) is 18.4 Å². The zero-order valence-corrected chi connectivity index (χ0v) is 12.1. The number of halogens is 1. The Kier molecular flexibility index (Phi) is 3.27. The lowest BCUT2D eigenvalue weighted by molar-refractivity contribution is 0.496. The molecule has 3 nitrogen and oxygen atoms in total. The molecule has 0 unspecified atom stereocenters. The van der Waals surface area contributed by atoms with Crippen LogP contribution in [0.4, 0.5) is 0 Å². The van der Waals surface area contributed by atoms with Crippen LogP contribution in [0.3, 0.4) is 0 Å². The molecule has 1 aliphatic carbocycles. The number of hydrogen-bond acceptors (Lipinski definition) is 2.